The van der Waals surface area contributed by atoms with E-state index in [1.807, 2.05) is 30.3 Å². The van der Waals surface area contributed by atoms with E-state index in [4.69, 9.17) is 4.74 Å². The maximum atomic E-state index is 12.7. The van der Waals surface area contributed by atoms with Gasteiger partial charge in [0.05, 0.1) is 19.4 Å². The highest BCUT2D eigenvalue weighted by molar-refractivity contribution is 9.10. The number of carbonyl (C=O) groups excluding carboxylic acids is 2. The summed E-state index contributed by atoms with van der Waals surface area (Å²) in [6, 6.07) is 11.1. The predicted molar refractivity (Wildman–Crippen MR) is 107 cm³/mol. The lowest BCUT2D eigenvalue weighted by molar-refractivity contribution is -0.134. The van der Waals surface area contributed by atoms with Gasteiger partial charge in [0.1, 0.15) is 11.6 Å². The molecule has 0 bridgehead atoms. The number of piperidine rings is 1. The number of nitrogens with one attached hydrogen (secondary N) is 1. The van der Waals surface area contributed by atoms with Crippen LogP contribution < -0.4 is 10.1 Å². The van der Waals surface area contributed by atoms with E-state index in [0.717, 1.165) is 22.9 Å². The summed E-state index contributed by atoms with van der Waals surface area (Å²) < 4.78 is 6.18. The van der Waals surface area contributed by atoms with Crippen LogP contribution in [0.2, 0.25) is 0 Å². The highest BCUT2D eigenvalue weighted by atomic mass is 79.9. The molecule has 2 aromatic rings. The zero-order chi connectivity index (χ0) is 19.2. The van der Waals surface area contributed by atoms with Gasteiger partial charge in [-0.15, -0.1) is 0 Å². The molecular formula is C20H22BrN3O3. The van der Waals surface area contributed by atoms with Crippen molar-refractivity contribution in [3.05, 3.63) is 52.6 Å². The van der Waals surface area contributed by atoms with Crippen molar-refractivity contribution in [2.45, 2.75) is 19.3 Å². The maximum absolute atomic E-state index is 12.7. The van der Waals surface area contributed by atoms with Gasteiger partial charge in [0.25, 0.3) is 0 Å². The minimum atomic E-state index is -0.231. The third-order valence-electron chi connectivity index (χ3n) is 4.66. The summed E-state index contributed by atoms with van der Waals surface area (Å²) in [6.07, 6.45) is 3.48. The average molecular weight is 432 g/mol. The fourth-order valence-electron chi connectivity index (χ4n) is 3.22. The minimum absolute atomic E-state index is 0.0127. The number of aromatic nitrogens is 1. The number of ether oxygens (including phenoxy) is 1. The van der Waals surface area contributed by atoms with Gasteiger partial charge >= 0.3 is 0 Å². The van der Waals surface area contributed by atoms with Crippen LogP contribution in [0.25, 0.3) is 0 Å². The van der Waals surface area contributed by atoms with Crippen LogP contribution in [0.3, 0.4) is 0 Å². The first-order chi connectivity index (χ1) is 13.1. The zero-order valence-electron chi connectivity index (χ0n) is 15.2. The van der Waals surface area contributed by atoms with Crippen LogP contribution in [-0.4, -0.2) is 41.9 Å². The molecule has 7 heteroatoms. The zero-order valence-corrected chi connectivity index (χ0v) is 16.7. The van der Waals surface area contributed by atoms with Crippen molar-refractivity contribution >= 4 is 33.6 Å². The smallest absolute Gasteiger partial charge is 0.230 e. The van der Waals surface area contributed by atoms with Crippen molar-refractivity contribution in [3.63, 3.8) is 0 Å². The number of halogens is 1. The topological polar surface area (TPSA) is 71.5 Å². The summed E-state index contributed by atoms with van der Waals surface area (Å²) in [7, 11) is 1.60. The van der Waals surface area contributed by atoms with Gasteiger partial charge in [-0.3, -0.25) is 9.59 Å². The number of rotatable bonds is 5. The van der Waals surface area contributed by atoms with E-state index >= 15 is 0 Å². The van der Waals surface area contributed by atoms with E-state index < -0.39 is 0 Å². The van der Waals surface area contributed by atoms with E-state index in [2.05, 4.69) is 26.2 Å². The lowest BCUT2D eigenvalue weighted by atomic mass is 9.96. The number of pyridine rings is 1. The summed E-state index contributed by atoms with van der Waals surface area (Å²) in [5, 5.41) is 2.84. The number of methoxy groups -OCH3 is 1. The number of likely N-dealkylation sites (tertiary alicyclic amines) is 1. The van der Waals surface area contributed by atoms with Crippen LogP contribution in [0.1, 0.15) is 18.4 Å². The number of nitrogens with zero attached hydrogens (tertiary/aromatic N) is 2. The molecule has 1 saturated heterocycles. The number of benzene rings is 1. The number of amides is 2. The Bertz CT molecular complexity index is 810. The molecule has 0 radical (unpaired) electrons. The van der Waals surface area contributed by atoms with Crippen molar-refractivity contribution in [3.8, 4) is 5.75 Å². The van der Waals surface area contributed by atoms with Crippen molar-refractivity contribution in [1.82, 2.24) is 9.88 Å². The summed E-state index contributed by atoms with van der Waals surface area (Å²) in [5.41, 5.74) is 0.857. The SMILES string of the molecule is COc1ccccc1CC(=O)N1CCCC(C(=O)Nc2ccc(Br)cn2)C1. The molecule has 0 spiro atoms. The molecular weight excluding hydrogens is 410 g/mol. The molecule has 1 unspecified atom stereocenters. The van der Waals surface area contributed by atoms with Gasteiger partial charge in [-0.25, -0.2) is 4.98 Å². The molecule has 1 aliphatic rings. The first-order valence-electron chi connectivity index (χ1n) is 8.89. The summed E-state index contributed by atoms with van der Waals surface area (Å²) in [6.45, 7) is 1.10. The van der Waals surface area contributed by atoms with Crippen LogP contribution in [0.4, 0.5) is 5.82 Å². The second-order valence-corrected chi connectivity index (χ2v) is 7.43. The molecule has 1 aromatic heterocycles. The number of para-hydroxylation sites is 1. The van der Waals surface area contributed by atoms with E-state index in [-0.39, 0.29) is 24.2 Å². The fourth-order valence-corrected chi connectivity index (χ4v) is 3.45. The number of anilines is 1. The third kappa shape index (κ3) is 5.07. The van der Waals surface area contributed by atoms with Gasteiger partial charge in [0.2, 0.25) is 11.8 Å². The second kappa shape index (κ2) is 8.99. The van der Waals surface area contributed by atoms with Crippen molar-refractivity contribution < 1.29 is 14.3 Å². The molecule has 1 atom stereocenters. The molecule has 3 rings (SSSR count). The van der Waals surface area contributed by atoms with E-state index in [1.165, 1.54) is 0 Å². The molecule has 1 fully saturated rings. The summed E-state index contributed by atoms with van der Waals surface area (Å²) in [4.78, 5) is 31.2. The maximum Gasteiger partial charge on any atom is 0.230 e. The van der Waals surface area contributed by atoms with Crippen LogP contribution in [0, 0.1) is 5.92 Å². The summed E-state index contributed by atoms with van der Waals surface area (Å²) in [5.74, 6) is 0.906. The molecule has 1 aromatic carbocycles. The van der Waals surface area contributed by atoms with E-state index in [1.54, 1.807) is 24.3 Å². The Hall–Kier alpha value is -2.41. The number of hydrogen-bond donors (Lipinski definition) is 1. The molecule has 0 aliphatic carbocycles. The number of hydrogen-bond acceptors (Lipinski definition) is 4. The van der Waals surface area contributed by atoms with E-state index in [9.17, 15) is 9.59 Å². The molecule has 1 aliphatic heterocycles. The number of carbonyl (C=O) groups is 2. The van der Waals surface area contributed by atoms with Gasteiger partial charge < -0.3 is 15.0 Å². The Morgan fingerprint density at radius 1 is 1.30 bits per heavy atom. The lowest BCUT2D eigenvalue weighted by Gasteiger charge is -2.32. The van der Waals surface area contributed by atoms with E-state index in [0.29, 0.717) is 24.7 Å². The Morgan fingerprint density at radius 2 is 2.11 bits per heavy atom. The predicted octanol–water partition coefficient (Wildman–Crippen LogP) is 3.27. The molecule has 142 valence electrons. The molecule has 1 N–H and O–H groups in total. The van der Waals surface area contributed by atoms with Gasteiger partial charge in [-0.2, -0.15) is 0 Å². The van der Waals surface area contributed by atoms with Gasteiger partial charge in [-0.05, 0) is 47.0 Å². The average Bonchev–Trinajstić information content (AvgIpc) is 2.70. The van der Waals surface area contributed by atoms with Crippen LogP contribution >= 0.6 is 15.9 Å². The molecule has 6 nitrogen and oxygen atoms in total. The lowest BCUT2D eigenvalue weighted by Crippen LogP contribution is -2.44. The second-order valence-electron chi connectivity index (χ2n) is 6.52. The highest BCUT2D eigenvalue weighted by Crippen LogP contribution is 2.22. The van der Waals surface area contributed by atoms with Gasteiger partial charge in [0.15, 0.2) is 0 Å². The van der Waals surface area contributed by atoms with Crippen molar-refractivity contribution in [2.75, 3.05) is 25.5 Å². The van der Waals surface area contributed by atoms with Crippen LogP contribution in [-0.2, 0) is 16.0 Å². The first-order valence-corrected chi connectivity index (χ1v) is 9.68. The Morgan fingerprint density at radius 3 is 2.85 bits per heavy atom. The monoisotopic (exact) mass is 431 g/mol. The quantitative estimate of drug-likeness (QED) is 0.788. The Labute approximate surface area is 167 Å². The first kappa shape index (κ1) is 19.4. The van der Waals surface area contributed by atoms with Crippen molar-refractivity contribution in [2.24, 2.45) is 5.92 Å². The van der Waals surface area contributed by atoms with Crippen molar-refractivity contribution in [1.29, 1.82) is 0 Å². The van der Waals surface area contributed by atoms with Gasteiger partial charge in [-0.1, -0.05) is 18.2 Å². The highest BCUT2D eigenvalue weighted by Gasteiger charge is 2.29. The Kier molecular flexibility index (Phi) is 6.45. The molecule has 0 saturated carbocycles. The third-order valence-corrected chi connectivity index (χ3v) is 5.13. The normalized spacial score (nSPS) is 16.7. The van der Waals surface area contributed by atoms with Gasteiger partial charge in [0, 0.05) is 29.3 Å². The minimum Gasteiger partial charge on any atom is -0.496 e. The molecule has 27 heavy (non-hydrogen) atoms. The van der Waals surface area contributed by atoms with Crippen LogP contribution in [0.15, 0.2) is 47.1 Å². The van der Waals surface area contributed by atoms with Crippen LogP contribution in [0.5, 0.6) is 5.75 Å². The fraction of sp³-hybridized carbons (Fsp3) is 0.350. The summed E-state index contributed by atoms with van der Waals surface area (Å²) >= 11 is 3.32. The largest absolute Gasteiger partial charge is 0.496 e. The standard InChI is InChI=1S/C20H22BrN3O3/c1-27-17-7-3-2-5-14(17)11-19(25)24-10-4-6-15(13-24)20(26)23-18-9-8-16(21)12-22-18/h2-3,5,7-9,12,15H,4,6,10-11,13H2,1H3,(H,22,23,26). The molecule has 2 amide bonds. The molecule has 2 heterocycles. The Balaban J connectivity index is 1.60.